The van der Waals surface area contributed by atoms with Gasteiger partial charge in [0.1, 0.15) is 6.04 Å². The molecule has 0 bridgehead atoms. The third-order valence-corrected chi connectivity index (χ3v) is 1.37. The zero-order valence-electron chi connectivity index (χ0n) is 9.04. The molecule has 0 aliphatic heterocycles. The van der Waals surface area contributed by atoms with Crippen LogP contribution in [0.5, 0.6) is 0 Å². The second-order valence-electron chi connectivity index (χ2n) is 2.44. The summed E-state index contributed by atoms with van der Waals surface area (Å²) in [6, 6.07) is -0.937. The van der Waals surface area contributed by atoms with Crippen LogP contribution < -0.4 is 11.1 Å². The van der Waals surface area contributed by atoms with E-state index < -0.39 is 12.0 Å². The Balaban J connectivity index is 0. The Kier molecular flexibility index (Phi) is 11.0. The van der Waals surface area contributed by atoms with Crippen LogP contribution in [0, 0.1) is 0 Å². The minimum atomic E-state index is -1.07. The number of hydrogen-bond donors (Lipinski definition) is 3. The van der Waals surface area contributed by atoms with E-state index in [1.54, 1.807) is 6.92 Å². The van der Waals surface area contributed by atoms with E-state index in [0.717, 1.165) is 0 Å². The smallest absolute Gasteiger partial charge is 0.320 e. The molecular weight excluding hydrogens is 184 g/mol. The van der Waals surface area contributed by atoms with Crippen LogP contribution in [0.1, 0.15) is 33.6 Å². The highest BCUT2D eigenvalue weighted by Gasteiger charge is 2.12. The normalized spacial score (nSPS) is 10.9. The molecule has 84 valence electrons. The highest BCUT2D eigenvalue weighted by molar-refractivity contribution is 5.78. The van der Waals surface area contributed by atoms with Crippen molar-refractivity contribution in [2.24, 2.45) is 5.73 Å². The van der Waals surface area contributed by atoms with Crippen molar-refractivity contribution >= 4 is 11.9 Å². The van der Waals surface area contributed by atoms with Crippen molar-refractivity contribution in [3.05, 3.63) is 0 Å². The molecule has 0 radical (unpaired) electrons. The Morgan fingerprint density at radius 2 is 1.93 bits per heavy atom. The number of carbonyl (C=O) groups is 2. The summed E-state index contributed by atoms with van der Waals surface area (Å²) in [6.45, 7) is 6.36. The van der Waals surface area contributed by atoms with Gasteiger partial charge in [0.2, 0.25) is 5.91 Å². The predicted octanol–water partition coefficient (Wildman–Crippen LogP) is 0.341. The minimum absolute atomic E-state index is 0.158. The number of carboxylic acids is 1. The topological polar surface area (TPSA) is 92.4 Å². The molecule has 14 heavy (non-hydrogen) atoms. The number of hydrogen-bond acceptors (Lipinski definition) is 3. The van der Waals surface area contributed by atoms with Crippen molar-refractivity contribution < 1.29 is 14.7 Å². The lowest BCUT2D eigenvalue weighted by atomic mass is 10.1. The van der Waals surface area contributed by atoms with Gasteiger partial charge in [-0.2, -0.15) is 0 Å². The molecule has 0 aromatic heterocycles. The van der Waals surface area contributed by atoms with Crippen LogP contribution in [-0.2, 0) is 9.59 Å². The molecule has 1 atom stereocenters. The van der Waals surface area contributed by atoms with Gasteiger partial charge in [0.25, 0.3) is 0 Å². The number of aliphatic carboxylic acids is 1. The maximum atomic E-state index is 10.8. The Labute approximate surface area is 84.7 Å². The third kappa shape index (κ3) is 8.99. The first-order valence-corrected chi connectivity index (χ1v) is 4.83. The van der Waals surface area contributed by atoms with Crippen LogP contribution in [0.15, 0.2) is 0 Å². The lowest BCUT2D eigenvalue weighted by Crippen LogP contribution is -2.32. The van der Waals surface area contributed by atoms with E-state index in [4.69, 9.17) is 10.8 Å². The molecule has 4 N–H and O–H groups in total. The van der Waals surface area contributed by atoms with Crippen molar-refractivity contribution in [2.75, 3.05) is 6.54 Å². The van der Waals surface area contributed by atoms with Gasteiger partial charge < -0.3 is 16.2 Å². The van der Waals surface area contributed by atoms with E-state index in [0.29, 0.717) is 6.54 Å². The SMILES string of the molecule is CC.CCNC(=O)CC[C@H](N)C(=O)O. The van der Waals surface area contributed by atoms with E-state index in [1.165, 1.54) is 0 Å². The van der Waals surface area contributed by atoms with E-state index in [9.17, 15) is 9.59 Å². The Bertz CT molecular complexity index is 171. The molecular formula is C9H20N2O3. The molecule has 0 saturated carbocycles. The van der Waals surface area contributed by atoms with Crippen molar-refractivity contribution in [2.45, 2.75) is 39.7 Å². The van der Waals surface area contributed by atoms with E-state index >= 15 is 0 Å². The molecule has 5 nitrogen and oxygen atoms in total. The summed E-state index contributed by atoms with van der Waals surface area (Å²) in [5.41, 5.74) is 5.18. The summed E-state index contributed by atoms with van der Waals surface area (Å²) >= 11 is 0. The van der Waals surface area contributed by atoms with Crippen molar-refractivity contribution in [3.8, 4) is 0 Å². The maximum absolute atomic E-state index is 10.8. The summed E-state index contributed by atoms with van der Waals surface area (Å²) < 4.78 is 0. The number of carboxylic acid groups (broad SMARTS) is 1. The molecule has 1 amide bonds. The Morgan fingerprint density at radius 3 is 2.29 bits per heavy atom. The van der Waals surface area contributed by atoms with Gasteiger partial charge in [-0.05, 0) is 13.3 Å². The van der Waals surface area contributed by atoms with Gasteiger partial charge in [-0.25, -0.2) is 0 Å². The monoisotopic (exact) mass is 204 g/mol. The largest absolute Gasteiger partial charge is 0.480 e. The standard InChI is InChI=1S/C7H14N2O3.C2H6/c1-2-9-6(10)4-3-5(8)7(11)12;1-2/h5H,2-4,8H2,1H3,(H,9,10)(H,11,12);1-2H3/t5-;/m0./s1. The average Bonchev–Trinajstić information content (AvgIpc) is 2.17. The van der Waals surface area contributed by atoms with Crippen LogP contribution in [0.25, 0.3) is 0 Å². The van der Waals surface area contributed by atoms with E-state index in [-0.39, 0.29) is 18.7 Å². The van der Waals surface area contributed by atoms with Crippen LogP contribution in [-0.4, -0.2) is 29.6 Å². The number of rotatable bonds is 5. The Hall–Kier alpha value is -1.10. The number of carbonyl (C=O) groups excluding carboxylic acids is 1. The first-order valence-electron chi connectivity index (χ1n) is 4.83. The van der Waals surface area contributed by atoms with E-state index in [1.807, 2.05) is 13.8 Å². The fourth-order valence-electron chi connectivity index (χ4n) is 0.696. The second-order valence-corrected chi connectivity index (χ2v) is 2.44. The third-order valence-electron chi connectivity index (χ3n) is 1.37. The van der Waals surface area contributed by atoms with Crippen molar-refractivity contribution in [3.63, 3.8) is 0 Å². The predicted molar refractivity (Wildman–Crippen MR) is 54.9 cm³/mol. The van der Waals surface area contributed by atoms with Crippen LogP contribution >= 0.6 is 0 Å². The lowest BCUT2D eigenvalue weighted by molar-refractivity contribution is -0.138. The lowest BCUT2D eigenvalue weighted by Gasteiger charge is -2.05. The highest BCUT2D eigenvalue weighted by Crippen LogP contribution is 1.93. The Morgan fingerprint density at radius 1 is 1.43 bits per heavy atom. The van der Waals surface area contributed by atoms with Gasteiger partial charge >= 0.3 is 5.97 Å². The number of nitrogens with two attached hydrogens (primary N) is 1. The molecule has 0 aromatic rings. The fraction of sp³-hybridized carbons (Fsp3) is 0.778. The number of nitrogens with one attached hydrogen (secondary N) is 1. The van der Waals surface area contributed by atoms with Gasteiger partial charge in [0.05, 0.1) is 0 Å². The minimum Gasteiger partial charge on any atom is -0.480 e. The average molecular weight is 204 g/mol. The number of amides is 1. The summed E-state index contributed by atoms with van der Waals surface area (Å²) in [4.78, 5) is 21.0. The van der Waals surface area contributed by atoms with Gasteiger partial charge in [-0.15, -0.1) is 0 Å². The fourth-order valence-corrected chi connectivity index (χ4v) is 0.696. The zero-order chi connectivity index (χ0) is 11.6. The second kappa shape index (κ2) is 9.98. The molecule has 0 aliphatic rings. The molecule has 0 fully saturated rings. The molecule has 0 unspecified atom stereocenters. The summed E-state index contributed by atoms with van der Waals surface area (Å²) in [5.74, 6) is -1.23. The summed E-state index contributed by atoms with van der Waals surface area (Å²) in [7, 11) is 0. The molecule has 5 heteroatoms. The summed E-state index contributed by atoms with van der Waals surface area (Å²) in [6.07, 6.45) is 0.350. The highest BCUT2D eigenvalue weighted by atomic mass is 16.4. The maximum Gasteiger partial charge on any atom is 0.320 e. The van der Waals surface area contributed by atoms with Crippen LogP contribution in [0.2, 0.25) is 0 Å². The van der Waals surface area contributed by atoms with Gasteiger partial charge in [0, 0.05) is 13.0 Å². The zero-order valence-corrected chi connectivity index (χ0v) is 9.04. The quantitative estimate of drug-likeness (QED) is 0.602. The van der Waals surface area contributed by atoms with Gasteiger partial charge in [-0.3, -0.25) is 9.59 Å². The van der Waals surface area contributed by atoms with Crippen molar-refractivity contribution in [1.82, 2.24) is 5.32 Å². The first kappa shape index (κ1) is 15.4. The molecule has 0 aliphatic carbocycles. The van der Waals surface area contributed by atoms with Crippen LogP contribution in [0.4, 0.5) is 0 Å². The first-order chi connectivity index (χ1) is 6.57. The molecule has 0 rings (SSSR count). The summed E-state index contributed by atoms with van der Waals surface area (Å²) in [5, 5.41) is 10.9. The molecule has 0 aromatic carbocycles. The molecule has 0 spiro atoms. The van der Waals surface area contributed by atoms with Gasteiger partial charge in [0.15, 0.2) is 0 Å². The van der Waals surface area contributed by atoms with Crippen LogP contribution in [0.3, 0.4) is 0 Å². The van der Waals surface area contributed by atoms with E-state index in [2.05, 4.69) is 5.32 Å². The van der Waals surface area contributed by atoms with Crippen molar-refractivity contribution in [1.29, 1.82) is 0 Å². The molecule has 0 saturated heterocycles. The molecule has 0 heterocycles. The van der Waals surface area contributed by atoms with Gasteiger partial charge in [-0.1, -0.05) is 13.8 Å².